The van der Waals surface area contributed by atoms with E-state index in [0.29, 0.717) is 6.54 Å². The maximum Gasteiger partial charge on any atom is 0.0830 e. The molecule has 2 N–H and O–H groups in total. The van der Waals surface area contributed by atoms with E-state index in [1.807, 2.05) is 18.3 Å². The van der Waals surface area contributed by atoms with Crippen LogP contribution in [0.25, 0.3) is 0 Å². The van der Waals surface area contributed by atoms with E-state index in [4.69, 9.17) is 10.5 Å². The van der Waals surface area contributed by atoms with E-state index in [-0.39, 0.29) is 16.7 Å². The van der Waals surface area contributed by atoms with Crippen LogP contribution in [0, 0.1) is 0 Å². The number of hydrogen-bond donors (Lipinski definition) is 1. The first kappa shape index (κ1) is 16.4. The van der Waals surface area contributed by atoms with Gasteiger partial charge in [0.25, 0.3) is 0 Å². The molecule has 1 aliphatic rings. The zero-order valence-electron chi connectivity index (χ0n) is 14.0. The summed E-state index contributed by atoms with van der Waals surface area (Å²) in [6, 6.07) is 6.05. The van der Waals surface area contributed by atoms with Crippen molar-refractivity contribution < 1.29 is 4.74 Å². The van der Waals surface area contributed by atoms with Gasteiger partial charge < -0.3 is 10.5 Å². The van der Waals surface area contributed by atoms with Crippen molar-refractivity contribution in [3.63, 3.8) is 0 Å². The molecule has 0 amide bonds. The van der Waals surface area contributed by atoms with Crippen molar-refractivity contribution in [2.24, 2.45) is 5.73 Å². The lowest BCUT2D eigenvalue weighted by atomic mass is 9.77. The maximum atomic E-state index is 6.32. The molecule has 0 aliphatic carbocycles. The van der Waals surface area contributed by atoms with Crippen molar-refractivity contribution in [1.82, 2.24) is 9.88 Å². The van der Waals surface area contributed by atoms with Gasteiger partial charge in [-0.2, -0.15) is 0 Å². The molecular formula is C17H29N3O. The molecule has 118 valence electrons. The number of rotatable bonds is 5. The number of pyridine rings is 1. The topological polar surface area (TPSA) is 51.4 Å². The van der Waals surface area contributed by atoms with Crippen LogP contribution in [0.4, 0.5) is 0 Å². The second kappa shape index (κ2) is 5.67. The summed E-state index contributed by atoms with van der Waals surface area (Å²) in [7, 11) is 0. The van der Waals surface area contributed by atoms with Crippen molar-refractivity contribution >= 4 is 0 Å². The lowest BCUT2D eigenvalue weighted by molar-refractivity contribution is -0.105. The van der Waals surface area contributed by atoms with Crippen molar-refractivity contribution in [1.29, 1.82) is 0 Å². The summed E-state index contributed by atoms with van der Waals surface area (Å²) in [5.41, 5.74) is 6.73. The Hall–Kier alpha value is -0.970. The lowest BCUT2D eigenvalue weighted by Gasteiger charge is -2.47. The van der Waals surface area contributed by atoms with E-state index in [1.54, 1.807) is 0 Å². The number of nitrogens with zero attached hydrogens (tertiary/aromatic N) is 2. The molecule has 21 heavy (non-hydrogen) atoms. The highest BCUT2D eigenvalue weighted by Gasteiger charge is 2.58. The standard InChI is InChI=1S/C17H29N3O/c1-6-20(11-14-9-7-8-10-19-14)17(13-18)12-15(2,3)21-16(17,4)5/h7-10H,6,11-13,18H2,1-5H3. The normalized spacial score (nSPS) is 27.2. The van der Waals surface area contributed by atoms with Crippen LogP contribution in [0.2, 0.25) is 0 Å². The van der Waals surface area contributed by atoms with E-state index in [2.05, 4.69) is 50.6 Å². The number of ether oxygens (including phenoxy) is 1. The van der Waals surface area contributed by atoms with E-state index in [1.165, 1.54) is 0 Å². The molecule has 1 aromatic heterocycles. The Bertz CT molecular complexity index is 472. The fourth-order valence-electron chi connectivity index (χ4n) is 3.93. The largest absolute Gasteiger partial charge is 0.368 e. The molecule has 0 spiro atoms. The summed E-state index contributed by atoms with van der Waals surface area (Å²) in [5, 5.41) is 0. The van der Waals surface area contributed by atoms with Crippen molar-refractivity contribution in [3.8, 4) is 0 Å². The minimum Gasteiger partial charge on any atom is -0.368 e. The average molecular weight is 291 g/mol. The molecule has 1 unspecified atom stereocenters. The summed E-state index contributed by atoms with van der Waals surface area (Å²) in [6.07, 6.45) is 2.78. The highest BCUT2D eigenvalue weighted by atomic mass is 16.5. The number of likely N-dealkylation sites (N-methyl/N-ethyl adjacent to an activating group) is 1. The molecule has 0 radical (unpaired) electrons. The van der Waals surface area contributed by atoms with Crippen LogP contribution >= 0.6 is 0 Å². The monoisotopic (exact) mass is 291 g/mol. The summed E-state index contributed by atoms with van der Waals surface area (Å²) in [6.45, 7) is 13.1. The van der Waals surface area contributed by atoms with Crippen LogP contribution in [0.1, 0.15) is 46.7 Å². The van der Waals surface area contributed by atoms with Crippen LogP contribution in [0.5, 0.6) is 0 Å². The third-order valence-electron chi connectivity index (χ3n) is 4.77. The lowest BCUT2D eigenvalue weighted by Crippen LogP contribution is -2.63. The predicted molar refractivity (Wildman–Crippen MR) is 86.0 cm³/mol. The first-order valence-corrected chi connectivity index (χ1v) is 7.81. The van der Waals surface area contributed by atoms with Crippen molar-refractivity contribution in [3.05, 3.63) is 30.1 Å². The Morgan fingerprint density at radius 1 is 1.29 bits per heavy atom. The Morgan fingerprint density at radius 2 is 2.00 bits per heavy atom. The predicted octanol–water partition coefficient (Wildman–Crippen LogP) is 2.58. The molecule has 0 saturated carbocycles. The number of aromatic nitrogens is 1. The van der Waals surface area contributed by atoms with Gasteiger partial charge in [-0.05, 0) is 52.8 Å². The smallest absolute Gasteiger partial charge is 0.0830 e. The van der Waals surface area contributed by atoms with Gasteiger partial charge in [-0.1, -0.05) is 13.0 Å². The van der Waals surface area contributed by atoms with Gasteiger partial charge in [0, 0.05) is 19.3 Å². The molecule has 4 heteroatoms. The van der Waals surface area contributed by atoms with E-state index in [9.17, 15) is 0 Å². The molecule has 1 saturated heterocycles. The highest BCUT2D eigenvalue weighted by Crippen LogP contribution is 2.48. The van der Waals surface area contributed by atoms with Gasteiger partial charge in [-0.15, -0.1) is 0 Å². The third-order valence-corrected chi connectivity index (χ3v) is 4.77. The van der Waals surface area contributed by atoms with E-state index in [0.717, 1.165) is 25.2 Å². The Kier molecular flexibility index (Phi) is 4.43. The van der Waals surface area contributed by atoms with Gasteiger partial charge >= 0.3 is 0 Å². The van der Waals surface area contributed by atoms with Crippen LogP contribution in [-0.4, -0.2) is 39.7 Å². The minimum absolute atomic E-state index is 0.152. The molecular weight excluding hydrogens is 262 g/mol. The summed E-state index contributed by atoms with van der Waals surface area (Å²) < 4.78 is 6.32. The molecule has 0 bridgehead atoms. The summed E-state index contributed by atoms with van der Waals surface area (Å²) in [5.74, 6) is 0. The zero-order chi connectivity index (χ0) is 15.7. The first-order chi connectivity index (χ1) is 9.76. The van der Waals surface area contributed by atoms with Gasteiger partial charge in [-0.25, -0.2) is 0 Å². The van der Waals surface area contributed by atoms with Crippen LogP contribution < -0.4 is 5.73 Å². The van der Waals surface area contributed by atoms with Crippen LogP contribution in [0.15, 0.2) is 24.4 Å². The van der Waals surface area contributed by atoms with Gasteiger partial charge in [0.05, 0.1) is 22.4 Å². The first-order valence-electron chi connectivity index (χ1n) is 7.81. The van der Waals surface area contributed by atoms with Gasteiger partial charge in [-0.3, -0.25) is 9.88 Å². The molecule has 0 aromatic carbocycles. The van der Waals surface area contributed by atoms with Crippen LogP contribution in [0.3, 0.4) is 0 Å². The zero-order valence-corrected chi connectivity index (χ0v) is 14.0. The quantitative estimate of drug-likeness (QED) is 0.906. The van der Waals surface area contributed by atoms with E-state index < -0.39 is 0 Å². The fraction of sp³-hybridized carbons (Fsp3) is 0.706. The van der Waals surface area contributed by atoms with Gasteiger partial charge in [0.15, 0.2) is 0 Å². The maximum absolute atomic E-state index is 6.32. The molecule has 1 aliphatic heterocycles. The van der Waals surface area contributed by atoms with Crippen molar-refractivity contribution in [2.75, 3.05) is 13.1 Å². The molecule has 2 heterocycles. The molecule has 1 aromatic rings. The molecule has 1 fully saturated rings. The van der Waals surface area contributed by atoms with E-state index >= 15 is 0 Å². The Balaban J connectivity index is 2.33. The number of hydrogen-bond acceptors (Lipinski definition) is 4. The van der Waals surface area contributed by atoms with Gasteiger partial charge in [0.2, 0.25) is 0 Å². The second-order valence-electron chi connectivity index (χ2n) is 7.12. The Morgan fingerprint density at radius 3 is 2.43 bits per heavy atom. The van der Waals surface area contributed by atoms with Crippen LogP contribution in [-0.2, 0) is 11.3 Å². The van der Waals surface area contributed by atoms with Gasteiger partial charge in [0.1, 0.15) is 0 Å². The highest BCUT2D eigenvalue weighted by molar-refractivity contribution is 5.14. The second-order valence-corrected chi connectivity index (χ2v) is 7.12. The molecule has 1 atom stereocenters. The summed E-state index contributed by atoms with van der Waals surface area (Å²) >= 11 is 0. The van der Waals surface area contributed by atoms with Crippen molar-refractivity contribution in [2.45, 2.75) is 64.3 Å². The molecule has 4 nitrogen and oxygen atoms in total. The SMILES string of the molecule is CCN(Cc1ccccn1)C1(CN)CC(C)(C)OC1(C)C. The average Bonchev–Trinajstić information content (AvgIpc) is 2.62. The minimum atomic E-state index is -0.282. The Labute approximate surface area is 128 Å². The molecule has 2 rings (SSSR count). The third kappa shape index (κ3) is 2.98. The summed E-state index contributed by atoms with van der Waals surface area (Å²) in [4.78, 5) is 6.90. The number of nitrogens with two attached hydrogens (primary N) is 1. The fourth-order valence-corrected chi connectivity index (χ4v) is 3.93.